The van der Waals surface area contributed by atoms with Crippen molar-refractivity contribution in [1.82, 2.24) is 14.6 Å². The molecule has 1 N–H and O–H groups in total. The lowest BCUT2D eigenvalue weighted by Gasteiger charge is -2.32. The Morgan fingerprint density at radius 3 is 2.58 bits per heavy atom. The van der Waals surface area contributed by atoms with Crippen LogP contribution in [0.2, 0.25) is 0 Å². The van der Waals surface area contributed by atoms with Gasteiger partial charge >= 0.3 is 5.97 Å². The summed E-state index contributed by atoms with van der Waals surface area (Å²) in [6.45, 7) is -4.40. The quantitative estimate of drug-likeness (QED) is 0.226. The van der Waals surface area contributed by atoms with Gasteiger partial charge in [0.15, 0.2) is 5.78 Å². The van der Waals surface area contributed by atoms with Gasteiger partial charge in [-0.05, 0) is 120 Å². The van der Waals surface area contributed by atoms with E-state index in [-0.39, 0.29) is 37.3 Å². The van der Waals surface area contributed by atoms with Crippen LogP contribution in [-0.2, 0) is 33.9 Å². The SMILES string of the molecule is [2H]C([2H])([2H])C(OC(=O)C[C@@H]1C(=O)N2C[C@H](Oc3nccc4cc(OC(C)C)ccc34)C[C@H]2C(=O)C[C@]2(C(=O)NS(=O)(=O)C3CC3)C[C@H]2/C=C\CC[C@H](C)C[C@H]1C)(C([2H])([2H])[2H])C([2H])([2H])[2H]. The van der Waals surface area contributed by atoms with Crippen LogP contribution in [0, 0.1) is 29.1 Å². The molecule has 7 atom stereocenters. The van der Waals surface area contributed by atoms with Gasteiger partial charge in [0.05, 0.1) is 41.7 Å². The molecule has 13 heteroatoms. The van der Waals surface area contributed by atoms with Gasteiger partial charge in [0, 0.05) is 36.8 Å². The van der Waals surface area contributed by atoms with Crippen LogP contribution in [0.3, 0.4) is 0 Å². The first-order valence-corrected chi connectivity index (χ1v) is 20.6. The average molecular weight is 789 g/mol. The second kappa shape index (κ2) is 15.9. The predicted octanol–water partition coefficient (Wildman–Crippen LogP) is 6.30. The van der Waals surface area contributed by atoms with Gasteiger partial charge in [-0.15, -0.1) is 0 Å². The number of esters is 1. The lowest BCUT2D eigenvalue weighted by molar-refractivity contribution is -0.160. The maximum absolute atomic E-state index is 15.1. The van der Waals surface area contributed by atoms with Gasteiger partial charge in [-0.1, -0.05) is 26.0 Å². The van der Waals surface area contributed by atoms with Crippen LogP contribution in [0.15, 0.2) is 42.6 Å². The van der Waals surface area contributed by atoms with Crippen molar-refractivity contribution in [3.8, 4) is 11.6 Å². The molecule has 0 spiro atoms. The summed E-state index contributed by atoms with van der Waals surface area (Å²) in [4.78, 5) is 63.4. The number of fused-ring (bicyclic) bond motifs is 3. The lowest BCUT2D eigenvalue weighted by atomic mass is 9.82. The Labute approximate surface area is 337 Å². The molecule has 1 aromatic heterocycles. The van der Waals surface area contributed by atoms with Crippen LogP contribution in [0.5, 0.6) is 11.6 Å². The van der Waals surface area contributed by atoms with E-state index in [1.165, 1.54) is 11.1 Å². The number of aromatic nitrogens is 1. The third-order valence-electron chi connectivity index (χ3n) is 11.2. The Morgan fingerprint density at radius 2 is 1.87 bits per heavy atom. The van der Waals surface area contributed by atoms with Crippen LogP contribution in [0.4, 0.5) is 0 Å². The molecule has 2 aliphatic heterocycles. The summed E-state index contributed by atoms with van der Waals surface area (Å²) in [7, 11) is -3.98. The van der Waals surface area contributed by atoms with Crippen molar-refractivity contribution in [3.63, 3.8) is 0 Å². The minimum atomic E-state index is -3.98. The van der Waals surface area contributed by atoms with Crippen LogP contribution < -0.4 is 14.2 Å². The monoisotopic (exact) mass is 788 g/mol. The van der Waals surface area contributed by atoms with Crippen molar-refractivity contribution in [2.75, 3.05) is 6.54 Å². The summed E-state index contributed by atoms with van der Waals surface area (Å²) in [5.74, 6) is -5.50. The summed E-state index contributed by atoms with van der Waals surface area (Å²) in [5, 5.41) is 0.632. The van der Waals surface area contributed by atoms with Crippen LogP contribution in [0.1, 0.15) is 118 Å². The van der Waals surface area contributed by atoms with Crippen molar-refractivity contribution >= 4 is 44.4 Å². The molecule has 12 nitrogen and oxygen atoms in total. The Bertz CT molecular complexity index is 2230. The fourth-order valence-electron chi connectivity index (χ4n) is 8.10. The van der Waals surface area contributed by atoms with Crippen LogP contribution in [-0.4, -0.2) is 77.5 Å². The van der Waals surface area contributed by atoms with E-state index in [0.29, 0.717) is 43.2 Å². The van der Waals surface area contributed by atoms with Gasteiger partial charge in [-0.2, -0.15) is 0 Å². The minimum Gasteiger partial charge on any atom is -0.491 e. The summed E-state index contributed by atoms with van der Waals surface area (Å²) in [6, 6.07) is 5.83. The average Bonchev–Trinajstić information content (AvgIpc) is 4.09. The third kappa shape index (κ3) is 9.70. The molecule has 6 rings (SSSR count). The smallest absolute Gasteiger partial charge is 0.307 e. The number of Topliss-reactive ketones (excluding diaryl/α,β-unsaturated/α-hetero) is 1. The van der Waals surface area contributed by atoms with Gasteiger partial charge in [0.25, 0.3) is 0 Å². The number of benzene rings is 1. The van der Waals surface area contributed by atoms with Gasteiger partial charge in [-0.25, -0.2) is 13.4 Å². The number of ether oxygens (including phenoxy) is 3. The van der Waals surface area contributed by atoms with Gasteiger partial charge < -0.3 is 19.1 Å². The molecule has 2 aromatic rings. The molecule has 3 fully saturated rings. The molecular weight excluding hydrogens is 723 g/mol. The second-order valence-electron chi connectivity index (χ2n) is 16.2. The standard InChI is InChI=1S/C42H57N3O9S/c1-25(2)52-30-12-15-33-28(19-30)16-17-43-38(33)53-31-20-35-36(46)23-42(40(49)44-55(50,51)32-13-14-32)22-29(42)11-9-8-10-26(3)18-27(4)34(39(48)45(35)24-31)21-37(47)54-41(5,6)7/h9,11-12,15-17,19,25-27,29,31-32,34-35H,8,10,13-14,18,20-24H2,1-7H3,(H,44,49)/b11-9-/t26-,27+,29+,31+,34-,35-,42+/m0/s1/i5D3,6D3,7D3. The molecule has 0 radical (unpaired) electrons. The first-order chi connectivity index (χ1) is 29.6. The Kier molecular flexibility index (Phi) is 8.70. The van der Waals surface area contributed by atoms with Crippen molar-refractivity contribution in [2.24, 2.45) is 29.1 Å². The highest BCUT2D eigenvalue weighted by molar-refractivity contribution is 7.90. The normalized spacial score (nSPS) is 32.9. The molecule has 2 amide bonds. The van der Waals surface area contributed by atoms with E-state index in [1.54, 1.807) is 25.1 Å². The number of amides is 2. The first kappa shape index (κ1) is 30.2. The molecule has 1 saturated heterocycles. The number of ketones is 1. The Hall–Kier alpha value is -4.00. The minimum absolute atomic E-state index is 0.0887. The molecule has 2 saturated carbocycles. The maximum Gasteiger partial charge on any atom is 0.307 e. The van der Waals surface area contributed by atoms with E-state index in [9.17, 15) is 22.8 Å². The van der Waals surface area contributed by atoms with Crippen LogP contribution >= 0.6 is 0 Å². The molecule has 300 valence electrons. The zero-order chi connectivity index (χ0) is 47.4. The largest absolute Gasteiger partial charge is 0.491 e. The van der Waals surface area contributed by atoms with Crippen molar-refractivity contribution < 1.29 is 54.1 Å². The van der Waals surface area contributed by atoms with Gasteiger partial charge in [0.1, 0.15) is 17.5 Å². The van der Waals surface area contributed by atoms with E-state index in [2.05, 4.69) is 9.71 Å². The second-order valence-corrected chi connectivity index (χ2v) is 18.2. The van der Waals surface area contributed by atoms with E-state index in [0.717, 1.165) is 5.39 Å². The van der Waals surface area contributed by atoms with E-state index in [1.807, 2.05) is 39.0 Å². The molecule has 1 aromatic carbocycles. The number of hydrogen-bond acceptors (Lipinski definition) is 10. The molecule has 0 bridgehead atoms. The number of allylic oxidation sites excluding steroid dienone is 2. The number of rotatable bonds is 9. The zero-order valence-electron chi connectivity index (χ0n) is 40.7. The van der Waals surface area contributed by atoms with Crippen molar-refractivity contribution in [1.29, 1.82) is 0 Å². The van der Waals surface area contributed by atoms with E-state index < -0.39 is 113 Å². The van der Waals surface area contributed by atoms with Gasteiger partial charge in [0.2, 0.25) is 27.7 Å². The number of hydrogen-bond donors (Lipinski definition) is 1. The maximum atomic E-state index is 15.1. The number of nitrogens with one attached hydrogen (secondary N) is 1. The summed E-state index contributed by atoms with van der Waals surface area (Å²) in [6.07, 6.45) is 5.23. The zero-order valence-corrected chi connectivity index (χ0v) is 32.5. The third-order valence-corrected chi connectivity index (χ3v) is 13.0. The number of sulfonamides is 1. The molecule has 55 heavy (non-hydrogen) atoms. The molecule has 4 aliphatic rings. The predicted molar refractivity (Wildman–Crippen MR) is 208 cm³/mol. The topological polar surface area (TPSA) is 158 Å². The number of nitrogens with zero attached hydrogens (tertiary/aromatic N) is 2. The van der Waals surface area contributed by atoms with Crippen molar-refractivity contribution in [3.05, 3.63) is 42.6 Å². The molecule has 0 unspecified atom stereocenters. The molecule has 2 aliphatic carbocycles. The Morgan fingerprint density at radius 1 is 1.11 bits per heavy atom. The first-order valence-electron chi connectivity index (χ1n) is 23.6. The number of carbonyl (C=O) groups is 4. The Balaban J connectivity index is 1.38. The lowest BCUT2D eigenvalue weighted by Crippen LogP contribution is -2.47. The summed E-state index contributed by atoms with van der Waals surface area (Å²) < 4.78 is 117. The fraction of sp³-hybridized carbons (Fsp3) is 0.643. The van der Waals surface area contributed by atoms with Crippen LogP contribution in [0.25, 0.3) is 10.8 Å². The number of carbonyl (C=O) groups excluding carboxylic acids is 4. The summed E-state index contributed by atoms with van der Waals surface area (Å²) in [5.41, 5.74) is -5.36. The summed E-state index contributed by atoms with van der Waals surface area (Å²) >= 11 is 0. The van der Waals surface area contributed by atoms with Gasteiger partial charge in [-0.3, -0.25) is 23.9 Å². The molecular formula is C42H57N3O9S. The highest BCUT2D eigenvalue weighted by Crippen LogP contribution is 2.57. The fourth-order valence-corrected chi connectivity index (χ4v) is 9.49. The molecule has 3 heterocycles. The van der Waals surface area contributed by atoms with Crippen molar-refractivity contribution in [2.45, 2.75) is 135 Å². The highest BCUT2D eigenvalue weighted by atomic mass is 32.2. The number of pyridine rings is 1. The highest BCUT2D eigenvalue weighted by Gasteiger charge is 2.61. The van der Waals surface area contributed by atoms with E-state index in [4.69, 9.17) is 26.5 Å². The van der Waals surface area contributed by atoms with E-state index >= 15 is 4.79 Å².